The first-order chi connectivity index (χ1) is 17.9. The molecule has 15 atom stereocenters. The molecule has 0 aromatic heterocycles. The zero-order valence-electron chi connectivity index (χ0n) is 23.7. The summed E-state index contributed by atoms with van der Waals surface area (Å²) in [6, 6.07) is 0. The summed E-state index contributed by atoms with van der Waals surface area (Å²) >= 11 is 0. The van der Waals surface area contributed by atoms with Crippen LogP contribution in [0, 0.1) is 10.8 Å². The van der Waals surface area contributed by atoms with Crippen molar-refractivity contribution in [1.82, 2.24) is 0 Å². The standard InChI is InChI=1S/C26H48O13/c1-10-13(28)17(32)20(22(35-10)26(5,6)7)38-24-21(18(33)14(29)11(36-24)8-25(2,3)4)39-23-19(34)16(31)15(30)12(9-27)37-23/h10-24,27-34H,8-9H2,1-7H3/t10?,11?,12?,13-,14+,15+,16+,17-,18+,19?,20?,21?,22+,23-,24-/m0/s1. The Hall–Kier alpha value is -0.520. The van der Waals surface area contributed by atoms with Crippen LogP contribution in [0.5, 0.6) is 0 Å². The molecule has 3 aliphatic heterocycles. The van der Waals surface area contributed by atoms with Crippen LogP contribution in [-0.4, -0.2) is 139 Å². The second kappa shape index (κ2) is 12.4. The van der Waals surface area contributed by atoms with Gasteiger partial charge in [0.15, 0.2) is 12.6 Å². The van der Waals surface area contributed by atoms with Crippen molar-refractivity contribution in [1.29, 1.82) is 0 Å². The molecule has 3 rings (SSSR count). The maximum absolute atomic E-state index is 11.2. The molecule has 0 spiro atoms. The Labute approximate surface area is 229 Å². The monoisotopic (exact) mass is 568 g/mol. The Morgan fingerprint density at radius 2 is 1.10 bits per heavy atom. The SMILES string of the molecule is CC1O[C@@H](C(C)(C)C)C(O[C@@H]2OC(CC(C)(C)C)[C@@H](O)[C@@H](O)C2O[C@@H]2OC(CO)[C@@H](O)[C@@H](O)C2O)[C@@H](O)[C@H]1O. The fourth-order valence-corrected chi connectivity index (χ4v) is 5.31. The Morgan fingerprint density at radius 3 is 1.64 bits per heavy atom. The lowest BCUT2D eigenvalue weighted by Gasteiger charge is -2.51. The van der Waals surface area contributed by atoms with Gasteiger partial charge in [0.25, 0.3) is 0 Å². The molecule has 3 aliphatic rings. The van der Waals surface area contributed by atoms with Crippen LogP contribution in [0.3, 0.4) is 0 Å². The van der Waals surface area contributed by atoms with E-state index >= 15 is 0 Å². The van der Waals surface area contributed by atoms with E-state index in [0.717, 1.165) is 0 Å². The Bertz CT molecular complexity index is 783. The molecule has 3 heterocycles. The molecule has 13 nitrogen and oxygen atoms in total. The normalized spacial score (nSPS) is 48.2. The number of hydrogen-bond donors (Lipinski definition) is 8. The first-order valence-electron chi connectivity index (χ1n) is 13.5. The molecule has 0 aliphatic carbocycles. The van der Waals surface area contributed by atoms with Gasteiger partial charge in [0, 0.05) is 0 Å². The highest BCUT2D eigenvalue weighted by Crippen LogP contribution is 2.39. The molecule has 0 amide bonds. The molecule has 0 radical (unpaired) electrons. The number of ether oxygens (including phenoxy) is 5. The number of aliphatic hydroxyl groups excluding tert-OH is 8. The number of hydrogen-bond acceptors (Lipinski definition) is 13. The van der Waals surface area contributed by atoms with Crippen molar-refractivity contribution < 1.29 is 64.5 Å². The van der Waals surface area contributed by atoms with Crippen molar-refractivity contribution in [2.24, 2.45) is 10.8 Å². The van der Waals surface area contributed by atoms with Crippen LogP contribution < -0.4 is 0 Å². The van der Waals surface area contributed by atoms with Gasteiger partial charge in [0.1, 0.15) is 61.0 Å². The molecular weight excluding hydrogens is 520 g/mol. The van der Waals surface area contributed by atoms with Crippen LogP contribution in [0.1, 0.15) is 54.9 Å². The van der Waals surface area contributed by atoms with Gasteiger partial charge in [-0.3, -0.25) is 0 Å². The maximum Gasteiger partial charge on any atom is 0.187 e. The first kappa shape index (κ1) is 33.0. The Morgan fingerprint density at radius 1 is 0.590 bits per heavy atom. The van der Waals surface area contributed by atoms with Gasteiger partial charge in [-0.1, -0.05) is 41.5 Å². The van der Waals surface area contributed by atoms with E-state index in [1.165, 1.54) is 0 Å². The quantitative estimate of drug-likeness (QED) is 0.175. The van der Waals surface area contributed by atoms with Crippen LogP contribution in [-0.2, 0) is 23.7 Å². The molecule has 13 heteroatoms. The average molecular weight is 569 g/mol. The van der Waals surface area contributed by atoms with E-state index < -0.39 is 104 Å². The fourth-order valence-electron chi connectivity index (χ4n) is 5.31. The van der Waals surface area contributed by atoms with E-state index in [1.54, 1.807) is 6.92 Å². The van der Waals surface area contributed by atoms with Gasteiger partial charge < -0.3 is 64.5 Å². The summed E-state index contributed by atoms with van der Waals surface area (Å²) in [5.41, 5.74) is -0.890. The van der Waals surface area contributed by atoms with Crippen LogP contribution in [0.4, 0.5) is 0 Å². The third kappa shape index (κ3) is 7.28. The lowest BCUT2D eigenvalue weighted by Crippen LogP contribution is -2.67. The van der Waals surface area contributed by atoms with Crippen molar-refractivity contribution in [3.05, 3.63) is 0 Å². The maximum atomic E-state index is 11.2. The zero-order valence-corrected chi connectivity index (χ0v) is 23.7. The summed E-state index contributed by atoms with van der Waals surface area (Å²) in [6.07, 6.45) is -20.0. The highest BCUT2D eigenvalue weighted by Gasteiger charge is 2.55. The minimum absolute atomic E-state index is 0.309. The Kier molecular flexibility index (Phi) is 10.5. The molecule has 39 heavy (non-hydrogen) atoms. The molecular formula is C26H48O13. The molecule has 3 saturated heterocycles. The lowest BCUT2D eigenvalue weighted by atomic mass is 9.80. The van der Waals surface area contributed by atoms with E-state index in [9.17, 15) is 40.9 Å². The van der Waals surface area contributed by atoms with Crippen molar-refractivity contribution in [3.8, 4) is 0 Å². The van der Waals surface area contributed by atoms with Crippen molar-refractivity contribution in [3.63, 3.8) is 0 Å². The van der Waals surface area contributed by atoms with Crippen LogP contribution in [0.2, 0.25) is 0 Å². The lowest BCUT2D eigenvalue weighted by molar-refractivity contribution is -0.384. The van der Waals surface area contributed by atoms with Gasteiger partial charge in [0.05, 0.1) is 24.9 Å². The highest BCUT2D eigenvalue weighted by atomic mass is 16.8. The van der Waals surface area contributed by atoms with E-state index in [2.05, 4.69) is 0 Å². The molecule has 6 unspecified atom stereocenters. The van der Waals surface area contributed by atoms with Crippen LogP contribution in [0.15, 0.2) is 0 Å². The molecule has 0 saturated carbocycles. The van der Waals surface area contributed by atoms with E-state index in [4.69, 9.17) is 23.7 Å². The smallest absolute Gasteiger partial charge is 0.187 e. The van der Waals surface area contributed by atoms with Crippen molar-refractivity contribution in [2.75, 3.05) is 6.61 Å². The molecule has 0 aromatic carbocycles. The minimum Gasteiger partial charge on any atom is -0.394 e. The number of rotatable bonds is 6. The van der Waals surface area contributed by atoms with Crippen LogP contribution >= 0.6 is 0 Å². The number of aliphatic hydroxyl groups is 8. The first-order valence-corrected chi connectivity index (χ1v) is 13.5. The summed E-state index contributed by atoms with van der Waals surface area (Å²) in [5, 5.41) is 84.0. The highest BCUT2D eigenvalue weighted by molar-refractivity contribution is 4.99. The molecule has 230 valence electrons. The fraction of sp³-hybridized carbons (Fsp3) is 1.00. The zero-order chi connectivity index (χ0) is 29.6. The molecule has 0 aromatic rings. The van der Waals surface area contributed by atoms with Gasteiger partial charge in [0.2, 0.25) is 0 Å². The summed E-state index contributed by atoms with van der Waals surface area (Å²) in [7, 11) is 0. The second-order valence-corrected chi connectivity index (χ2v) is 13.3. The molecule has 3 fully saturated rings. The minimum atomic E-state index is -1.78. The summed E-state index contributed by atoms with van der Waals surface area (Å²) in [5.74, 6) is 0. The second-order valence-electron chi connectivity index (χ2n) is 13.3. The average Bonchev–Trinajstić information content (AvgIpc) is 2.83. The van der Waals surface area contributed by atoms with Crippen molar-refractivity contribution in [2.45, 2.75) is 147 Å². The van der Waals surface area contributed by atoms with Gasteiger partial charge in [-0.15, -0.1) is 0 Å². The largest absolute Gasteiger partial charge is 0.394 e. The van der Waals surface area contributed by atoms with Gasteiger partial charge in [-0.05, 0) is 24.2 Å². The van der Waals surface area contributed by atoms with E-state index in [0.29, 0.717) is 6.42 Å². The predicted octanol–water partition coefficient (Wildman–Crippen LogP) is -2.01. The Balaban J connectivity index is 1.94. The van der Waals surface area contributed by atoms with Gasteiger partial charge >= 0.3 is 0 Å². The van der Waals surface area contributed by atoms with Crippen molar-refractivity contribution >= 4 is 0 Å². The topological polar surface area (TPSA) is 208 Å². The van der Waals surface area contributed by atoms with E-state index in [1.807, 2.05) is 41.5 Å². The van der Waals surface area contributed by atoms with Crippen LogP contribution in [0.25, 0.3) is 0 Å². The molecule has 8 N–H and O–H groups in total. The van der Waals surface area contributed by atoms with Gasteiger partial charge in [-0.25, -0.2) is 0 Å². The summed E-state index contributed by atoms with van der Waals surface area (Å²) in [4.78, 5) is 0. The third-order valence-electron chi connectivity index (χ3n) is 7.57. The predicted molar refractivity (Wildman–Crippen MR) is 134 cm³/mol. The van der Waals surface area contributed by atoms with Gasteiger partial charge in [-0.2, -0.15) is 0 Å². The molecule has 0 bridgehead atoms. The summed E-state index contributed by atoms with van der Waals surface area (Å²) in [6.45, 7) is 12.3. The summed E-state index contributed by atoms with van der Waals surface area (Å²) < 4.78 is 29.6. The van der Waals surface area contributed by atoms with E-state index in [-0.39, 0.29) is 5.41 Å². The third-order valence-corrected chi connectivity index (χ3v) is 7.57.